The molecule has 0 spiro atoms. The van der Waals surface area contributed by atoms with Crippen LogP contribution in [0.25, 0.3) is 10.9 Å². The molecule has 8 nitrogen and oxygen atoms in total. The van der Waals surface area contributed by atoms with Crippen molar-refractivity contribution in [2.75, 3.05) is 13.1 Å². The molecule has 0 bridgehead atoms. The van der Waals surface area contributed by atoms with Crippen molar-refractivity contribution in [3.05, 3.63) is 71.4 Å². The van der Waals surface area contributed by atoms with Gasteiger partial charge in [-0.05, 0) is 69.1 Å². The molecule has 1 fully saturated rings. The molecule has 2 amide bonds. The number of hydrogen-bond donors (Lipinski definition) is 3. The molecule has 1 saturated heterocycles. The van der Waals surface area contributed by atoms with Crippen LogP contribution in [0.1, 0.15) is 54.7 Å². The standard InChI is InChI=1S/C29H36N4O4/c1-4-22(5-2)33-15-14-25(29(35)32-36)27(17-33)31-28(34)20-10-12-23(13-11-20)37-18-21-16-19(3)30-26-9-7-6-8-24(21)26/h6-13,16,22,25,27,36H,4-5,14-15,17-18H2,1-3H3,(H,31,34)(H,32,35)/t25-,27+/m0/s1. The van der Waals surface area contributed by atoms with E-state index in [2.05, 4.69) is 29.0 Å². The van der Waals surface area contributed by atoms with E-state index >= 15 is 0 Å². The zero-order valence-electron chi connectivity index (χ0n) is 21.7. The van der Waals surface area contributed by atoms with Gasteiger partial charge in [-0.2, -0.15) is 0 Å². The zero-order valence-corrected chi connectivity index (χ0v) is 21.7. The molecule has 196 valence electrons. The maximum absolute atomic E-state index is 13.1. The molecular weight excluding hydrogens is 468 g/mol. The Morgan fingerprint density at radius 2 is 1.86 bits per heavy atom. The zero-order chi connectivity index (χ0) is 26.4. The minimum absolute atomic E-state index is 0.255. The van der Waals surface area contributed by atoms with E-state index < -0.39 is 17.9 Å². The summed E-state index contributed by atoms with van der Waals surface area (Å²) in [6.07, 6.45) is 2.58. The Morgan fingerprint density at radius 1 is 1.14 bits per heavy atom. The Bertz CT molecular complexity index is 1230. The van der Waals surface area contributed by atoms with Gasteiger partial charge in [0.25, 0.3) is 5.91 Å². The summed E-state index contributed by atoms with van der Waals surface area (Å²) < 4.78 is 6.02. The van der Waals surface area contributed by atoms with Gasteiger partial charge in [0.1, 0.15) is 12.4 Å². The van der Waals surface area contributed by atoms with Gasteiger partial charge in [-0.1, -0.05) is 32.0 Å². The third kappa shape index (κ3) is 6.26. The minimum atomic E-state index is -0.485. The van der Waals surface area contributed by atoms with Crippen molar-refractivity contribution in [1.29, 1.82) is 0 Å². The highest BCUT2D eigenvalue weighted by Gasteiger charge is 2.36. The van der Waals surface area contributed by atoms with E-state index in [4.69, 9.17) is 4.74 Å². The third-order valence-electron chi connectivity index (χ3n) is 7.31. The number of nitrogens with one attached hydrogen (secondary N) is 2. The van der Waals surface area contributed by atoms with Crippen molar-refractivity contribution in [2.45, 2.75) is 58.7 Å². The van der Waals surface area contributed by atoms with Gasteiger partial charge in [-0.3, -0.25) is 24.7 Å². The van der Waals surface area contributed by atoms with Crippen LogP contribution in [0, 0.1) is 12.8 Å². The van der Waals surface area contributed by atoms with E-state index in [-0.39, 0.29) is 5.91 Å². The number of aryl methyl sites for hydroxylation is 1. The Kier molecular flexibility index (Phi) is 8.74. The molecular formula is C29H36N4O4. The minimum Gasteiger partial charge on any atom is -0.489 e. The molecule has 4 rings (SSSR count). The van der Waals surface area contributed by atoms with Gasteiger partial charge in [0.05, 0.1) is 17.5 Å². The second-order valence-electron chi connectivity index (χ2n) is 9.67. The summed E-state index contributed by atoms with van der Waals surface area (Å²) in [5.41, 5.74) is 5.18. The summed E-state index contributed by atoms with van der Waals surface area (Å²) in [4.78, 5) is 32.3. The maximum atomic E-state index is 13.1. The summed E-state index contributed by atoms with van der Waals surface area (Å²) in [6, 6.07) is 17.0. The SMILES string of the molecule is CCC(CC)N1CC[C@H](C(=O)NO)[C@H](NC(=O)c2ccc(OCc3cc(C)nc4ccccc34)cc2)C1. The molecule has 8 heteroatoms. The van der Waals surface area contributed by atoms with E-state index in [0.717, 1.165) is 41.5 Å². The van der Waals surface area contributed by atoms with E-state index in [0.29, 0.717) is 36.9 Å². The number of amides is 2. The first kappa shape index (κ1) is 26.6. The lowest BCUT2D eigenvalue weighted by atomic mass is 9.89. The van der Waals surface area contributed by atoms with Gasteiger partial charge >= 0.3 is 0 Å². The number of hydroxylamine groups is 1. The number of aromatic nitrogens is 1. The summed E-state index contributed by atoms with van der Waals surface area (Å²) in [5, 5.41) is 13.3. The molecule has 0 radical (unpaired) electrons. The summed E-state index contributed by atoms with van der Waals surface area (Å²) in [5.74, 6) is -0.544. The van der Waals surface area contributed by atoms with Crippen LogP contribution in [-0.4, -0.2) is 52.1 Å². The maximum Gasteiger partial charge on any atom is 0.251 e. The van der Waals surface area contributed by atoms with E-state index in [1.807, 2.05) is 37.3 Å². The smallest absolute Gasteiger partial charge is 0.251 e. The van der Waals surface area contributed by atoms with Crippen LogP contribution in [0.5, 0.6) is 5.75 Å². The predicted octanol–water partition coefficient (Wildman–Crippen LogP) is 4.24. The average Bonchev–Trinajstić information content (AvgIpc) is 2.92. The largest absolute Gasteiger partial charge is 0.489 e. The van der Waals surface area contributed by atoms with Gasteiger partial charge in [0.2, 0.25) is 5.91 Å². The van der Waals surface area contributed by atoms with Crippen LogP contribution in [0.2, 0.25) is 0 Å². The molecule has 3 N–H and O–H groups in total. The lowest BCUT2D eigenvalue weighted by molar-refractivity contribution is -0.136. The molecule has 0 aliphatic carbocycles. The van der Waals surface area contributed by atoms with E-state index in [9.17, 15) is 14.8 Å². The van der Waals surface area contributed by atoms with Crippen molar-refractivity contribution in [3.63, 3.8) is 0 Å². The van der Waals surface area contributed by atoms with Gasteiger partial charge in [0, 0.05) is 34.8 Å². The number of para-hydroxylation sites is 1. The van der Waals surface area contributed by atoms with Crippen molar-refractivity contribution in [1.82, 2.24) is 20.7 Å². The fourth-order valence-electron chi connectivity index (χ4n) is 5.29. The molecule has 3 aromatic rings. The first-order chi connectivity index (χ1) is 17.9. The molecule has 0 saturated carbocycles. The molecule has 1 aromatic heterocycles. The number of benzene rings is 2. The number of nitrogens with zero attached hydrogens (tertiary/aromatic N) is 2. The molecule has 1 aliphatic heterocycles. The summed E-state index contributed by atoms with van der Waals surface area (Å²) in [6.45, 7) is 7.98. The van der Waals surface area contributed by atoms with Crippen LogP contribution >= 0.6 is 0 Å². The fraction of sp³-hybridized carbons (Fsp3) is 0.414. The fourth-order valence-corrected chi connectivity index (χ4v) is 5.29. The quantitative estimate of drug-likeness (QED) is 0.298. The molecule has 2 heterocycles. The molecule has 37 heavy (non-hydrogen) atoms. The average molecular weight is 505 g/mol. The topological polar surface area (TPSA) is 104 Å². The van der Waals surface area contributed by atoms with Gasteiger partial charge in [0.15, 0.2) is 0 Å². The van der Waals surface area contributed by atoms with E-state index in [1.54, 1.807) is 29.7 Å². The number of fused-ring (bicyclic) bond motifs is 1. The van der Waals surface area contributed by atoms with Crippen molar-refractivity contribution < 1.29 is 19.5 Å². The van der Waals surface area contributed by atoms with Crippen LogP contribution < -0.4 is 15.5 Å². The van der Waals surface area contributed by atoms with Crippen LogP contribution in [-0.2, 0) is 11.4 Å². The molecule has 2 atom stereocenters. The number of hydrogen-bond acceptors (Lipinski definition) is 6. The first-order valence-corrected chi connectivity index (χ1v) is 13.0. The summed E-state index contributed by atoms with van der Waals surface area (Å²) >= 11 is 0. The van der Waals surface area contributed by atoms with Crippen LogP contribution in [0.3, 0.4) is 0 Å². The number of piperidine rings is 1. The lowest BCUT2D eigenvalue weighted by Gasteiger charge is -2.41. The molecule has 2 aromatic carbocycles. The highest BCUT2D eigenvalue weighted by atomic mass is 16.5. The second-order valence-corrected chi connectivity index (χ2v) is 9.67. The normalized spacial score (nSPS) is 18.1. The Labute approximate surface area is 218 Å². The number of carbonyl (C=O) groups is 2. The number of ether oxygens (including phenoxy) is 1. The van der Waals surface area contributed by atoms with Crippen molar-refractivity contribution >= 4 is 22.7 Å². The number of likely N-dealkylation sites (tertiary alicyclic amines) is 1. The van der Waals surface area contributed by atoms with Crippen molar-refractivity contribution in [3.8, 4) is 5.75 Å². The van der Waals surface area contributed by atoms with Gasteiger partial charge in [-0.25, -0.2) is 5.48 Å². The van der Waals surface area contributed by atoms with Crippen molar-refractivity contribution in [2.24, 2.45) is 5.92 Å². The first-order valence-electron chi connectivity index (χ1n) is 13.0. The second kappa shape index (κ2) is 12.2. The Balaban J connectivity index is 1.42. The lowest BCUT2D eigenvalue weighted by Crippen LogP contribution is -2.58. The predicted molar refractivity (Wildman–Crippen MR) is 142 cm³/mol. The number of carbonyl (C=O) groups excluding carboxylic acids is 2. The molecule has 0 unspecified atom stereocenters. The molecule has 1 aliphatic rings. The van der Waals surface area contributed by atoms with Crippen LogP contribution in [0.15, 0.2) is 54.6 Å². The van der Waals surface area contributed by atoms with Gasteiger partial charge in [-0.15, -0.1) is 0 Å². The summed E-state index contributed by atoms with van der Waals surface area (Å²) in [7, 11) is 0. The number of pyridine rings is 1. The Morgan fingerprint density at radius 3 is 2.57 bits per heavy atom. The monoisotopic (exact) mass is 504 g/mol. The number of rotatable bonds is 9. The highest BCUT2D eigenvalue weighted by Crippen LogP contribution is 2.24. The Hall–Kier alpha value is -3.49. The van der Waals surface area contributed by atoms with Crippen LogP contribution in [0.4, 0.5) is 0 Å². The van der Waals surface area contributed by atoms with E-state index in [1.165, 1.54) is 0 Å². The third-order valence-corrected chi connectivity index (χ3v) is 7.31. The highest BCUT2D eigenvalue weighted by molar-refractivity contribution is 5.95. The van der Waals surface area contributed by atoms with Gasteiger partial charge < -0.3 is 10.1 Å².